The molecule has 0 aliphatic carbocycles. The van der Waals surface area contributed by atoms with Gasteiger partial charge in [0.1, 0.15) is 5.84 Å². The van der Waals surface area contributed by atoms with Gasteiger partial charge in [0.25, 0.3) is 11.8 Å². The normalized spacial score (nSPS) is 14.9. The molecule has 2 fully saturated rings. The summed E-state index contributed by atoms with van der Waals surface area (Å²) in [7, 11) is 1.31. The Kier molecular flexibility index (Phi) is 14.0. The highest BCUT2D eigenvalue weighted by molar-refractivity contribution is 5.99. The predicted octanol–water partition coefficient (Wildman–Crippen LogP) is 1.63. The van der Waals surface area contributed by atoms with Gasteiger partial charge in [-0.15, -0.1) is 37.2 Å². The van der Waals surface area contributed by atoms with Crippen molar-refractivity contribution in [2.45, 2.75) is 6.54 Å². The van der Waals surface area contributed by atoms with E-state index in [0.29, 0.717) is 81.2 Å². The van der Waals surface area contributed by atoms with Crippen LogP contribution in [0.5, 0.6) is 0 Å². The van der Waals surface area contributed by atoms with Crippen LogP contribution in [-0.4, -0.2) is 109 Å². The number of piperazine rings is 2. The number of nitrogens with one attached hydrogen (secondary N) is 2. The lowest BCUT2D eigenvalue weighted by molar-refractivity contribution is 0.0534. The number of esters is 1. The molecular weight excluding hydrogens is 607 g/mol. The lowest BCUT2D eigenvalue weighted by Gasteiger charge is -2.35. The number of carbonyl (C=O) groups excluding carboxylic acids is 3. The number of nitrogens with two attached hydrogens (primary N) is 2. The molecular formula is C27H37Cl3N8O4. The molecule has 0 radical (unpaired) electrons. The second-order valence-electron chi connectivity index (χ2n) is 9.63. The van der Waals surface area contributed by atoms with Gasteiger partial charge in [-0.3, -0.25) is 25.3 Å². The first-order chi connectivity index (χ1) is 18.7. The van der Waals surface area contributed by atoms with Gasteiger partial charge in [-0.1, -0.05) is 12.1 Å². The maximum atomic E-state index is 13.5. The fourth-order valence-electron chi connectivity index (χ4n) is 4.82. The zero-order chi connectivity index (χ0) is 28.1. The second-order valence-corrected chi connectivity index (χ2v) is 9.63. The van der Waals surface area contributed by atoms with Crippen LogP contribution in [0.2, 0.25) is 0 Å². The molecule has 0 unspecified atom stereocenters. The molecule has 4 rings (SSSR count). The monoisotopic (exact) mass is 642 g/mol. The van der Waals surface area contributed by atoms with Crippen molar-refractivity contribution in [1.29, 1.82) is 10.8 Å². The Balaban J connectivity index is 0.00000294. The maximum absolute atomic E-state index is 13.5. The van der Waals surface area contributed by atoms with Gasteiger partial charge in [-0.05, 0) is 35.9 Å². The number of carbonyl (C=O) groups is 3. The summed E-state index contributed by atoms with van der Waals surface area (Å²) in [6.07, 6.45) is 0. The smallest absolute Gasteiger partial charge is 0.337 e. The summed E-state index contributed by atoms with van der Waals surface area (Å²) in [5, 5.41) is 15.1. The fraction of sp³-hybridized carbons (Fsp3) is 0.370. The molecule has 42 heavy (non-hydrogen) atoms. The summed E-state index contributed by atoms with van der Waals surface area (Å²) in [6, 6.07) is 11.7. The number of nitrogens with zero attached hydrogens (tertiary/aromatic N) is 4. The Labute approximate surface area is 263 Å². The molecule has 2 amide bonds. The number of hydrogen-bond acceptors (Lipinski definition) is 7. The third kappa shape index (κ3) is 8.71. The van der Waals surface area contributed by atoms with Crippen LogP contribution in [0.3, 0.4) is 0 Å². The average molecular weight is 644 g/mol. The van der Waals surface area contributed by atoms with Crippen molar-refractivity contribution in [3.63, 3.8) is 0 Å². The number of benzene rings is 2. The van der Waals surface area contributed by atoms with E-state index in [-0.39, 0.29) is 60.8 Å². The van der Waals surface area contributed by atoms with Crippen molar-refractivity contribution in [3.05, 3.63) is 70.3 Å². The minimum atomic E-state index is -0.515. The van der Waals surface area contributed by atoms with Crippen molar-refractivity contribution >= 4 is 66.8 Å². The van der Waals surface area contributed by atoms with Gasteiger partial charge in [0.05, 0.1) is 12.7 Å². The molecule has 2 aliphatic rings. The first-order valence-corrected chi connectivity index (χ1v) is 12.7. The molecule has 0 atom stereocenters. The lowest BCUT2D eigenvalue weighted by Crippen LogP contribution is -2.50. The Hall–Kier alpha value is -3.58. The van der Waals surface area contributed by atoms with E-state index in [9.17, 15) is 14.4 Å². The van der Waals surface area contributed by atoms with Gasteiger partial charge >= 0.3 is 5.97 Å². The zero-order valence-electron chi connectivity index (χ0n) is 23.2. The van der Waals surface area contributed by atoms with Crippen LogP contribution in [0, 0.1) is 10.8 Å². The van der Waals surface area contributed by atoms with Crippen molar-refractivity contribution in [2.24, 2.45) is 11.5 Å². The molecule has 0 spiro atoms. The molecule has 2 aromatic rings. The molecule has 2 aromatic carbocycles. The molecule has 0 saturated carbocycles. The van der Waals surface area contributed by atoms with Crippen LogP contribution < -0.4 is 11.5 Å². The number of halogens is 3. The Morgan fingerprint density at radius 2 is 1.14 bits per heavy atom. The topological polar surface area (TPSA) is 173 Å². The fourth-order valence-corrected chi connectivity index (χ4v) is 4.82. The highest BCUT2D eigenvalue weighted by Crippen LogP contribution is 2.18. The van der Waals surface area contributed by atoms with Gasteiger partial charge < -0.3 is 30.9 Å². The van der Waals surface area contributed by atoms with Crippen molar-refractivity contribution in [2.75, 3.05) is 59.5 Å². The Morgan fingerprint density at radius 1 is 0.690 bits per heavy atom. The SMILES string of the molecule is COC(=O)c1cc(CN2CCN(C(=N)N)CC2)cc(C(=O)N2CCN(C(=O)c3ccc(C(=N)N)cc3)CC2)c1.Cl.Cl.Cl. The van der Waals surface area contributed by atoms with Gasteiger partial charge in [0, 0.05) is 75.6 Å². The van der Waals surface area contributed by atoms with E-state index < -0.39 is 5.97 Å². The minimum Gasteiger partial charge on any atom is -0.465 e. The number of amides is 2. The summed E-state index contributed by atoms with van der Waals surface area (Å²) < 4.78 is 4.92. The molecule has 2 heterocycles. The van der Waals surface area contributed by atoms with E-state index >= 15 is 0 Å². The molecule has 15 heteroatoms. The standard InChI is InChI=1S/C27H34N8O4.3ClH/c1-39-26(38)22-15-18(17-32-6-8-35(9-7-32)27(30)31)14-21(16-22)25(37)34-12-10-33(11-13-34)24(36)20-4-2-19(3-5-20)23(28)29;;;/h2-5,14-16H,6-13,17H2,1H3,(H3,28,29)(H3,30,31);3*1H. The Morgan fingerprint density at radius 3 is 1.62 bits per heavy atom. The van der Waals surface area contributed by atoms with Gasteiger partial charge in [0.15, 0.2) is 5.96 Å². The van der Waals surface area contributed by atoms with E-state index in [2.05, 4.69) is 4.90 Å². The highest BCUT2D eigenvalue weighted by Gasteiger charge is 2.27. The van der Waals surface area contributed by atoms with Crippen LogP contribution in [0.4, 0.5) is 0 Å². The van der Waals surface area contributed by atoms with E-state index in [1.54, 1.807) is 52.3 Å². The van der Waals surface area contributed by atoms with E-state index in [1.807, 2.05) is 4.90 Å². The van der Waals surface area contributed by atoms with E-state index in [0.717, 1.165) is 5.56 Å². The average Bonchev–Trinajstić information content (AvgIpc) is 2.96. The number of methoxy groups -OCH3 is 1. The quantitative estimate of drug-likeness (QED) is 0.209. The summed E-state index contributed by atoms with van der Waals surface area (Å²) in [6.45, 7) is 4.72. The van der Waals surface area contributed by atoms with E-state index in [1.165, 1.54) is 7.11 Å². The van der Waals surface area contributed by atoms with Gasteiger partial charge in [-0.25, -0.2) is 4.79 Å². The lowest BCUT2D eigenvalue weighted by atomic mass is 10.0. The van der Waals surface area contributed by atoms with Crippen LogP contribution in [0.1, 0.15) is 42.2 Å². The number of amidine groups is 1. The van der Waals surface area contributed by atoms with E-state index in [4.69, 9.17) is 27.0 Å². The van der Waals surface area contributed by atoms with Crippen LogP contribution in [0.15, 0.2) is 42.5 Å². The molecule has 2 aliphatic heterocycles. The first kappa shape index (κ1) is 36.4. The first-order valence-electron chi connectivity index (χ1n) is 12.7. The van der Waals surface area contributed by atoms with Crippen molar-refractivity contribution < 1.29 is 19.1 Å². The van der Waals surface area contributed by atoms with Crippen molar-refractivity contribution in [1.82, 2.24) is 19.6 Å². The third-order valence-corrected chi connectivity index (χ3v) is 7.08. The maximum Gasteiger partial charge on any atom is 0.337 e. The largest absolute Gasteiger partial charge is 0.465 e. The summed E-state index contributed by atoms with van der Waals surface area (Å²) in [5.74, 6) is -0.865. The highest BCUT2D eigenvalue weighted by atomic mass is 35.5. The number of hydrogen-bond donors (Lipinski definition) is 4. The van der Waals surface area contributed by atoms with Gasteiger partial charge in [-0.2, -0.15) is 0 Å². The number of nitrogen functional groups attached to an aromatic ring is 1. The predicted molar refractivity (Wildman–Crippen MR) is 168 cm³/mol. The second kappa shape index (κ2) is 16.2. The minimum absolute atomic E-state index is 0. The number of guanidine groups is 1. The zero-order valence-corrected chi connectivity index (χ0v) is 25.7. The summed E-state index contributed by atoms with van der Waals surface area (Å²) >= 11 is 0. The third-order valence-electron chi connectivity index (χ3n) is 7.08. The van der Waals surface area contributed by atoms with Crippen molar-refractivity contribution in [3.8, 4) is 0 Å². The molecule has 0 aromatic heterocycles. The molecule has 0 bridgehead atoms. The van der Waals surface area contributed by atoms with Crippen LogP contribution >= 0.6 is 37.2 Å². The van der Waals surface area contributed by atoms with Gasteiger partial charge in [0.2, 0.25) is 0 Å². The number of ether oxygens (including phenoxy) is 1. The molecule has 6 N–H and O–H groups in total. The summed E-state index contributed by atoms with van der Waals surface area (Å²) in [5.41, 5.74) is 13.7. The Bertz CT molecular complexity index is 1280. The van der Waals surface area contributed by atoms with Crippen LogP contribution in [-0.2, 0) is 11.3 Å². The van der Waals surface area contributed by atoms with Crippen LogP contribution in [0.25, 0.3) is 0 Å². The molecule has 230 valence electrons. The molecule has 2 saturated heterocycles. The number of rotatable bonds is 6. The molecule has 12 nitrogen and oxygen atoms in total. The summed E-state index contributed by atoms with van der Waals surface area (Å²) in [4.78, 5) is 46.1.